The minimum Gasteiger partial charge on any atom is -0.491 e. The Balaban J connectivity index is 1.31. The smallest absolute Gasteiger partial charge is 0.297 e. The molecule has 10 nitrogen and oxygen atoms in total. The van der Waals surface area contributed by atoms with Crippen molar-refractivity contribution in [3.05, 3.63) is 88.3 Å². The number of ether oxygens (including phenoxy) is 2. The monoisotopic (exact) mass is 631 g/mol. The van der Waals surface area contributed by atoms with Crippen molar-refractivity contribution < 1.29 is 29.0 Å². The molecule has 2 amide bonds. The molecule has 0 unspecified atom stereocenters. The Morgan fingerprint density at radius 1 is 1.09 bits per heavy atom. The Hall–Kier alpha value is -3.77. The topological polar surface area (TPSA) is 122 Å². The molecule has 2 aromatic carbocycles. The van der Waals surface area contributed by atoms with E-state index in [1.54, 1.807) is 28.1 Å². The lowest BCUT2D eigenvalue weighted by Gasteiger charge is -2.32. The van der Waals surface area contributed by atoms with Crippen molar-refractivity contribution in [2.24, 2.45) is 5.92 Å². The molecule has 3 aliphatic heterocycles. The number of aromatic nitrogens is 1. The summed E-state index contributed by atoms with van der Waals surface area (Å²) in [5, 5.41) is 9.81. The zero-order valence-electron chi connectivity index (χ0n) is 26.2. The molecule has 0 saturated carbocycles. The molecular formula is C34H41N3O7Si. The predicted molar refractivity (Wildman–Crippen MR) is 172 cm³/mol. The standard InChI is InChI=1S/C34H41N3O7Si/c1-22-31(45(3,4)42)29(19-30(39)35-17-7-9-25(35)21-38)44-34(22)26-10-5-6-11-27(26)37(33(34)41)20-23-13-15-24(16-14-23)36-18-8-12-28(43-2)32(36)40/h5-6,8,10-16,18,22,25,29,31,38,42H,7,9,17,19-21H2,1-4H3/t22-,25-,29+,31-,34+/m0/s1. The van der Waals surface area contributed by atoms with Crippen LogP contribution < -0.4 is 15.2 Å². The van der Waals surface area contributed by atoms with Gasteiger partial charge in [0.05, 0.1) is 44.5 Å². The number of nitrogens with zero attached hydrogens (tertiary/aromatic N) is 3. The van der Waals surface area contributed by atoms with Crippen molar-refractivity contribution >= 4 is 25.8 Å². The van der Waals surface area contributed by atoms with E-state index in [0.717, 1.165) is 29.7 Å². The first kappa shape index (κ1) is 31.2. The van der Waals surface area contributed by atoms with E-state index in [4.69, 9.17) is 9.47 Å². The number of aliphatic hydroxyl groups excluding tert-OH is 1. The average molecular weight is 632 g/mol. The van der Waals surface area contributed by atoms with Gasteiger partial charge in [-0.15, -0.1) is 0 Å². The second kappa shape index (κ2) is 11.9. The van der Waals surface area contributed by atoms with Crippen LogP contribution in [0, 0.1) is 5.92 Å². The van der Waals surface area contributed by atoms with Crippen LogP contribution in [0.15, 0.2) is 71.7 Å². The zero-order chi connectivity index (χ0) is 32.1. The summed E-state index contributed by atoms with van der Waals surface area (Å²) in [6, 6.07) is 18.2. The van der Waals surface area contributed by atoms with Gasteiger partial charge in [-0.2, -0.15) is 0 Å². The Morgan fingerprint density at radius 2 is 1.82 bits per heavy atom. The number of benzene rings is 2. The first-order chi connectivity index (χ1) is 21.5. The summed E-state index contributed by atoms with van der Waals surface area (Å²) in [6.45, 7) is 6.44. The van der Waals surface area contributed by atoms with Gasteiger partial charge in [0, 0.05) is 35.5 Å². The summed E-state index contributed by atoms with van der Waals surface area (Å²) in [5.74, 6) is -0.459. The molecule has 0 aliphatic carbocycles. The third-order valence-corrected chi connectivity index (χ3v) is 12.4. The van der Waals surface area contributed by atoms with E-state index < -0.39 is 20.0 Å². The molecule has 6 rings (SSSR count). The lowest BCUT2D eigenvalue weighted by molar-refractivity contribution is -0.150. The Bertz CT molecular complexity index is 1650. The van der Waals surface area contributed by atoms with Crippen LogP contribution in [0.5, 0.6) is 5.75 Å². The minimum absolute atomic E-state index is 0.0464. The van der Waals surface area contributed by atoms with Crippen molar-refractivity contribution in [1.82, 2.24) is 9.47 Å². The van der Waals surface area contributed by atoms with E-state index in [-0.39, 0.29) is 60.2 Å². The van der Waals surface area contributed by atoms with Gasteiger partial charge in [-0.3, -0.25) is 19.0 Å². The van der Waals surface area contributed by atoms with Crippen LogP contribution in [0.1, 0.15) is 37.3 Å². The number of methoxy groups -OCH3 is 1. The van der Waals surface area contributed by atoms with Gasteiger partial charge in [-0.05, 0) is 61.8 Å². The number of hydrogen-bond acceptors (Lipinski definition) is 7. The molecule has 3 aromatic rings. The number of anilines is 1. The highest BCUT2D eigenvalue weighted by atomic mass is 28.4. The molecular weight excluding hydrogens is 590 g/mol. The van der Waals surface area contributed by atoms with Crippen LogP contribution in [-0.2, 0) is 26.5 Å². The molecule has 1 spiro atoms. The van der Waals surface area contributed by atoms with Gasteiger partial charge < -0.3 is 29.2 Å². The Morgan fingerprint density at radius 3 is 2.51 bits per heavy atom. The van der Waals surface area contributed by atoms with Crippen LogP contribution in [0.4, 0.5) is 5.69 Å². The molecule has 5 atom stereocenters. The SMILES string of the molecule is COc1cccn(-c2ccc(CN3C(=O)[C@]4(O[C@H](CC(=O)N5CCC[C@H]5CO)[C@@H]([Si](C)(C)O)[C@@H]4C)c4ccccc43)cc2)c1=O. The van der Waals surface area contributed by atoms with Gasteiger partial charge in [0.25, 0.3) is 11.5 Å². The van der Waals surface area contributed by atoms with E-state index in [0.29, 0.717) is 12.2 Å². The first-order valence-electron chi connectivity index (χ1n) is 15.6. The molecule has 3 aliphatic rings. The summed E-state index contributed by atoms with van der Waals surface area (Å²) >= 11 is 0. The number of hydrogen-bond donors (Lipinski definition) is 2. The Labute approximate surface area is 263 Å². The van der Waals surface area contributed by atoms with Gasteiger partial charge in [-0.25, -0.2) is 0 Å². The Kier molecular flexibility index (Phi) is 8.23. The second-order valence-electron chi connectivity index (χ2n) is 13.0. The van der Waals surface area contributed by atoms with Crippen LogP contribution in [0.3, 0.4) is 0 Å². The van der Waals surface area contributed by atoms with Crippen molar-refractivity contribution in [2.45, 2.75) is 69.1 Å². The van der Waals surface area contributed by atoms with Gasteiger partial charge in [0.15, 0.2) is 19.7 Å². The van der Waals surface area contributed by atoms with Crippen molar-refractivity contribution in [1.29, 1.82) is 0 Å². The number of rotatable bonds is 8. The van der Waals surface area contributed by atoms with E-state index in [1.165, 1.54) is 11.7 Å². The first-order valence-corrected chi connectivity index (χ1v) is 18.6. The third kappa shape index (κ3) is 5.21. The summed E-state index contributed by atoms with van der Waals surface area (Å²) < 4.78 is 13.5. The van der Waals surface area contributed by atoms with Crippen molar-refractivity contribution in [3.8, 4) is 11.4 Å². The quantitative estimate of drug-likeness (QED) is 0.365. The van der Waals surface area contributed by atoms with Crippen LogP contribution in [0.25, 0.3) is 5.69 Å². The van der Waals surface area contributed by atoms with E-state index in [1.807, 2.05) is 68.5 Å². The summed E-state index contributed by atoms with van der Waals surface area (Å²) in [4.78, 5) is 55.8. The van der Waals surface area contributed by atoms with E-state index in [9.17, 15) is 24.3 Å². The minimum atomic E-state index is -2.93. The molecule has 1 aromatic heterocycles. The maximum absolute atomic E-state index is 14.6. The molecule has 0 radical (unpaired) electrons. The number of fused-ring (bicyclic) bond motifs is 2. The summed E-state index contributed by atoms with van der Waals surface area (Å²) in [5.41, 5.74) is 1.06. The van der Waals surface area contributed by atoms with E-state index in [2.05, 4.69) is 0 Å². The fraction of sp³-hybridized carbons (Fsp3) is 0.441. The number of para-hydroxylation sites is 1. The lowest BCUT2D eigenvalue weighted by atomic mass is 9.82. The molecule has 0 bridgehead atoms. The molecule has 11 heteroatoms. The van der Waals surface area contributed by atoms with Crippen LogP contribution >= 0.6 is 0 Å². The highest BCUT2D eigenvalue weighted by Crippen LogP contribution is 2.59. The lowest BCUT2D eigenvalue weighted by Crippen LogP contribution is -2.46. The van der Waals surface area contributed by atoms with Gasteiger partial charge in [0.2, 0.25) is 5.91 Å². The maximum Gasteiger partial charge on any atom is 0.297 e. The van der Waals surface area contributed by atoms with Crippen LogP contribution in [-0.4, -0.2) is 71.9 Å². The molecule has 2 N–H and O–H groups in total. The van der Waals surface area contributed by atoms with Crippen molar-refractivity contribution in [3.63, 3.8) is 0 Å². The molecule has 2 fully saturated rings. The number of carbonyl (C=O) groups excluding carboxylic acids is 2. The number of likely N-dealkylation sites (tertiary alicyclic amines) is 1. The number of carbonyl (C=O) groups is 2. The molecule has 2 saturated heterocycles. The highest BCUT2D eigenvalue weighted by molar-refractivity contribution is 6.71. The highest BCUT2D eigenvalue weighted by Gasteiger charge is 2.66. The number of pyridine rings is 1. The summed E-state index contributed by atoms with van der Waals surface area (Å²) in [6.07, 6.45) is 2.68. The van der Waals surface area contributed by atoms with Gasteiger partial charge in [-0.1, -0.05) is 37.3 Å². The fourth-order valence-electron chi connectivity index (χ4n) is 7.81. The zero-order valence-corrected chi connectivity index (χ0v) is 27.2. The number of aliphatic hydroxyl groups is 1. The second-order valence-corrected chi connectivity index (χ2v) is 16.9. The number of amides is 2. The molecule has 45 heavy (non-hydrogen) atoms. The predicted octanol–water partition coefficient (Wildman–Crippen LogP) is 3.56. The van der Waals surface area contributed by atoms with Crippen LogP contribution in [0.2, 0.25) is 18.6 Å². The van der Waals surface area contributed by atoms with Gasteiger partial charge in [0.1, 0.15) is 0 Å². The molecule has 238 valence electrons. The van der Waals surface area contributed by atoms with Gasteiger partial charge >= 0.3 is 0 Å². The summed E-state index contributed by atoms with van der Waals surface area (Å²) in [7, 11) is -1.46. The molecule has 4 heterocycles. The average Bonchev–Trinajstić information content (AvgIpc) is 3.68. The fourth-order valence-corrected chi connectivity index (χ4v) is 10.4. The largest absolute Gasteiger partial charge is 0.491 e. The maximum atomic E-state index is 14.6. The third-order valence-electron chi connectivity index (χ3n) is 9.86. The van der Waals surface area contributed by atoms with Crippen molar-refractivity contribution in [2.75, 3.05) is 25.2 Å². The normalized spacial score (nSPS) is 26.1. The van der Waals surface area contributed by atoms with E-state index >= 15 is 0 Å².